The Bertz CT molecular complexity index is 756. The quantitative estimate of drug-likeness (QED) is 0.763. The number of rotatable bonds is 3. The first-order valence-corrected chi connectivity index (χ1v) is 6.53. The van der Waals surface area contributed by atoms with Crippen LogP contribution in [-0.4, -0.2) is 5.78 Å². The van der Waals surface area contributed by atoms with Crippen LogP contribution in [0.5, 0.6) is 0 Å². The van der Waals surface area contributed by atoms with E-state index in [0.29, 0.717) is 11.1 Å². The van der Waals surface area contributed by atoms with E-state index in [4.69, 9.17) is 23.2 Å². The van der Waals surface area contributed by atoms with Crippen LogP contribution in [0.25, 0.3) is 0 Å². The standard InChI is InChI=1S/C15H7Cl2F2NO/c16-8-1-3-10(13(17)5-8)12(7-20)15(21)11-4-2-9(18)6-14(11)19/h1-6,12H. The molecule has 0 radical (unpaired) electrons. The molecule has 0 aromatic heterocycles. The monoisotopic (exact) mass is 325 g/mol. The van der Waals surface area contributed by atoms with Crippen LogP contribution in [0, 0.1) is 23.0 Å². The van der Waals surface area contributed by atoms with Crippen molar-refractivity contribution >= 4 is 29.0 Å². The minimum Gasteiger partial charge on any atom is -0.292 e. The molecule has 2 aromatic carbocycles. The highest BCUT2D eigenvalue weighted by atomic mass is 35.5. The summed E-state index contributed by atoms with van der Waals surface area (Å²) in [5.41, 5.74) is -0.147. The van der Waals surface area contributed by atoms with Crippen molar-refractivity contribution in [3.05, 3.63) is 69.2 Å². The topological polar surface area (TPSA) is 40.9 Å². The SMILES string of the molecule is N#CC(C(=O)c1ccc(F)cc1F)c1ccc(Cl)cc1Cl. The molecule has 1 atom stereocenters. The Kier molecular flexibility index (Phi) is 4.56. The third kappa shape index (κ3) is 3.21. The summed E-state index contributed by atoms with van der Waals surface area (Å²) in [6, 6.07) is 8.61. The second-order valence-corrected chi connectivity index (χ2v) is 5.06. The van der Waals surface area contributed by atoms with Gasteiger partial charge in [0.15, 0.2) is 5.78 Å². The van der Waals surface area contributed by atoms with Crippen LogP contribution in [-0.2, 0) is 0 Å². The molecule has 0 fully saturated rings. The molecule has 0 heterocycles. The van der Waals surface area contributed by atoms with Crippen LogP contribution < -0.4 is 0 Å². The minimum absolute atomic E-state index is 0.130. The van der Waals surface area contributed by atoms with Gasteiger partial charge in [-0.1, -0.05) is 29.3 Å². The Morgan fingerprint density at radius 2 is 1.86 bits per heavy atom. The lowest BCUT2D eigenvalue weighted by Gasteiger charge is -2.11. The number of benzene rings is 2. The predicted octanol–water partition coefficient (Wildman–Crippen LogP) is 4.76. The zero-order valence-electron chi connectivity index (χ0n) is 10.4. The summed E-state index contributed by atoms with van der Waals surface area (Å²) in [6.07, 6.45) is 0. The van der Waals surface area contributed by atoms with E-state index in [2.05, 4.69) is 0 Å². The predicted molar refractivity (Wildman–Crippen MR) is 75.5 cm³/mol. The van der Waals surface area contributed by atoms with E-state index in [-0.39, 0.29) is 16.1 Å². The highest BCUT2D eigenvalue weighted by Gasteiger charge is 2.26. The molecule has 0 saturated carbocycles. The Morgan fingerprint density at radius 1 is 1.14 bits per heavy atom. The molecule has 21 heavy (non-hydrogen) atoms. The molecule has 2 nitrogen and oxygen atoms in total. The van der Waals surface area contributed by atoms with E-state index in [1.165, 1.54) is 18.2 Å². The number of nitrogens with zero attached hydrogens (tertiary/aromatic N) is 1. The van der Waals surface area contributed by atoms with Crippen LogP contribution in [0.2, 0.25) is 10.0 Å². The molecule has 0 aliphatic heterocycles. The highest BCUT2D eigenvalue weighted by molar-refractivity contribution is 6.35. The summed E-state index contributed by atoms with van der Waals surface area (Å²) in [6.45, 7) is 0. The van der Waals surface area contributed by atoms with Gasteiger partial charge in [0.2, 0.25) is 0 Å². The average Bonchev–Trinajstić information content (AvgIpc) is 2.41. The molecule has 2 aromatic rings. The Morgan fingerprint density at radius 3 is 2.43 bits per heavy atom. The normalized spacial score (nSPS) is 11.8. The summed E-state index contributed by atoms with van der Waals surface area (Å²) in [7, 11) is 0. The molecule has 0 saturated heterocycles. The molecular formula is C15H7Cl2F2NO. The van der Waals surface area contributed by atoms with Crippen LogP contribution in [0.3, 0.4) is 0 Å². The molecular weight excluding hydrogens is 319 g/mol. The molecule has 1 unspecified atom stereocenters. The van der Waals surface area contributed by atoms with E-state index in [1.54, 1.807) is 6.07 Å². The van der Waals surface area contributed by atoms with Gasteiger partial charge in [0.05, 0.1) is 11.6 Å². The average molecular weight is 326 g/mol. The van der Waals surface area contributed by atoms with Crippen molar-refractivity contribution in [2.24, 2.45) is 0 Å². The third-order valence-corrected chi connectivity index (χ3v) is 3.42. The maximum atomic E-state index is 13.7. The number of ketones is 1. The zero-order valence-corrected chi connectivity index (χ0v) is 11.9. The number of Topliss-reactive ketones (excluding diaryl/α,β-unsaturated/α-hetero) is 1. The number of halogens is 4. The molecule has 0 spiro atoms. The van der Waals surface area contributed by atoms with E-state index in [0.717, 1.165) is 12.1 Å². The van der Waals surface area contributed by atoms with Crippen molar-refractivity contribution in [2.45, 2.75) is 5.92 Å². The van der Waals surface area contributed by atoms with E-state index in [1.807, 2.05) is 0 Å². The fourth-order valence-corrected chi connectivity index (χ4v) is 2.37. The number of hydrogen-bond acceptors (Lipinski definition) is 2. The van der Waals surface area contributed by atoms with E-state index < -0.39 is 23.3 Å². The maximum Gasteiger partial charge on any atom is 0.187 e. The summed E-state index contributed by atoms with van der Waals surface area (Å²) < 4.78 is 26.5. The van der Waals surface area contributed by atoms with Gasteiger partial charge >= 0.3 is 0 Å². The molecule has 0 N–H and O–H groups in total. The van der Waals surface area contributed by atoms with Gasteiger partial charge in [-0.05, 0) is 29.8 Å². The van der Waals surface area contributed by atoms with Gasteiger partial charge in [-0.15, -0.1) is 0 Å². The van der Waals surface area contributed by atoms with Crippen molar-refractivity contribution in [3.8, 4) is 6.07 Å². The Hall–Kier alpha value is -1.96. The molecule has 0 aliphatic carbocycles. The van der Waals surface area contributed by atoms with Crippen molar-refractivity contribution in [1.82, 2.24) is 0 Å². The lowest BCUT2D eigenvalue weighted by molar-refractivity contribution is 0.0975. The fraction of sp³-hybridized carbons (Fsp3) is 0.0667. The number of hydrogen-bond donors (Lipinski definition) is 0. The van der Waals surface area contributed by atoms with Gasteiger partial charge in [-0.2, -0.15) is 5.26 Å². The van der Waals surface area contributed by atoms with Crippen molar-refractivity contribution in [1.29, 1.82) is 5.26 Å². The van der Waals surface area contributed by atoms with Crippen LogP contribution in [0.4, 0.5) is 8.78 Å². The highest BCUT2D eigenvalue weighted by Crippen LogP contribution is 2.30. The summed E-state index contributed by atoms with van der Waals surface area (Å²) >= 11 is 11.7. The summed E-state index contributed by atoms with van der Waals surface area (Å²) in [5.74, 6) is -3.92. The first-order valence-electron chi connectivity index (χ1n) is 5.78. The molecule has 2 rings (SSSR count). The lowest BCUT2D eigenvalue weighted by Crippen LogP contribution is -2.13. The second-order valence-electron chi connectivity index (χ2n) is 4.22. The molecule has 0 aliphatic rings. The van der Waals surface area contributed by atoms with Crippen molar-refractivity contribution in [3.63, 3.8) is 0 Å². The minimum atomic E-state index is -1.30. The third-order valence-electron chi connectivity index (χ3n) is 2.86. The van der Waals surface area contributed by atoms with Crippen LogP contribution >= 0.6 is 23.2 Å². The van der Waals surface area contributed by atoms with E-state index >= 15 is 0 Å². The summed E-state index contributed by atoms with van der Waals surface area (Å²) in [4.78, 5) is 12.3. The Labute approximate surface area is 129 Å². The van der Waals surface area contributed by atoms with Crippen LogP contribution in [0.1, 0.15) is 21.8 Å². The first-order chi connectivity index (χ1) is 9.93. The first kappa shape index (κ1) is 15.4. The number of carbonyl (C=O) groups excluding carboxylic acids is 1. The van der Waals surface area contributed by atoms with Gasteiger partial charge in [0.1, 0.15) is 17.6 Å². The van der Waals surface area contributed by atoms with Crippen LogP contribution in [0.15, 0.2) is 36.4 Å². The molecule has 6 heteroatoms. The van der Waals surface area contributed by atoms with Gasteiger partial charge in [0, 0.05) is 16.1 Å². The van der Waals surface area contributed by atoms with Crippen molar-refractivity contribution in [2.75, 3.05) is 0 Å². The fourth-order valence-electron chi connectivity index (χ4n) is 1.85. The Balaban J connectivity index is 2.46. The van der Waals surface area contributed by atoms with Gasteiger partial charge in [-0.3, -0.25) is 4.79 Å². The van der Waals surface area contributed by atoms with E-state index in [9.17, 15) is 18.8 Å². The molecule has 0 amide bonds. The van der Waals surface area contributed by atoms with Crippen molar-refractivity contribution < 1.29 is 13.6 Å². The zero-order chi connectivity index (χ0) is 15.6. The van der Waals surface area contributed by atoms with Gasteiger partial charge in [0.25, 0.3) is 0 Å². The maximum absolute atomic E-state index is 13.7. The lowest BCUT2D eigenvalue weighted by atomic mass is 9.91. The second kappa shape index (κ2) is 6.21. The smallest absolute Gasteiger partial charge is 0.187 e. The summed E-state index contributed by atoms with van der Waals surface area (Å²) in [5, 5.41) is 9.67. The molecule has 0 bridgehead atoms. The molecule has 106 valence electrons. The number of carbonyl (C=O) groups is 1. The number of nitriles is 1. The largest absolute Gasteiger partial charge is 0.292 e. The van der Waals surface area contributed by atoms with Gasteiger partial charge in [-0.25, -0.2) is 8.78 Å². The van der Waals surface area contributed by atoms with Gasteiger partial charge < -0.3 is 0 Å².